The summed E-state index contributed by atoms with van der Waals surface area (Å²) in [6, 6.07) is 14.7. The van der Waals surface area contributed by atoms with Gasteiger partial charge in [-0.2, -0.15) is 5.10 Å². The summed E-state index contributed by atoms with van der Waals surface area (Å²) in [4.78, 5) is 26.6. The molecule has 9 heteroatoms. The first-order valence-corrected chi connectivity index (χ1v) is 10.8. The molecule has 0 atom stereocenters. The number of likely N-dealkylation sites (N-methyl/N-ethyl adjacent to an activating group) is 1. The van der Waals surface area contributed by atoms with E-state index in [0.29, 0.717) is 28.5 Å². The third-order valence-electron chi connectivity index (χ3n) is 4.69. The zero-order valence-corrected chi connectivity index (χ0v) is 19.7. The van der Waals surface area contributed by atoms with E-state index in [0.717, 1.165) is 11.1 Å². The molecule has 0 unspecified atom stereocenters. The van der Waals surface area contributed by atoms with Crippen molar-refractivity contribution in [2.24, 2.45) is 0 Å². The quantitative estimate of drug-likeness (QED) is 0.518. The van der Waals surface area contributed by atoms with E-state index in [-0.39, 0.29) is 30.1 Å². The number of anilines is 1. The number of aryl methyl sites for hydroxylation is 1. The third kappa shape index (κ3) is 6.09. The monoisotopic (exact) mass is 473 g/mol. The van der Waals surface area contributed by atoms with E-state index in [1.165, 1.54) is 0 Å². The molecule has 1 aromatic heterocycles. The highest BCUT2D eigenvalue weighted by molar-refractivity contribution is 6.33. The van der Waals surface area contributed by atoms with Crippen LogP contribution in [0, 0.1) is 6.92 Å². The lowest BCUT2D eigenvalue weighted by Gasteiger charge is -2.11. The minimum absolute atomic E-state index is 0.107. The van der Waals surface area contributed by atoms with Crippen LogP contribution in [0.1, 0.15) is 27.2 Å². The molecule has 0 aliphatic rings. The number of nitrogens with zero attached hydrogens (tertiary/aromatic N) is 3. The predicted octanol–water partition coefficient (Wildman–Crippen LogP) is 3.98. The zero-order valence-electron chi connectivity index (χ0n) is 18.2. The van der Waals surface area contributed by atoms with E-state index in [1.807, 2.05) is 50.5 Å². The van der Waals surface area contributed by atoms with Crippen molar-refractivity contribution < 1.29 is 9.59 Å². The molecule has 0 radical (unpaired) electrons. The summed E-state index contributed by atoms with van der Waals surface area (Å²) in [6.45, 7) is 2.67. The van der Waals surface area contributed by atoms with Crippen LogP contribution in [0.4, 0.5) is 5.69 Å². The molecule has 2 N–H and O–H groups in total. The van der Waals surface area contributed by atoms with Gasteiger partial charge in [0, 0.05) is 17.3 Å². The average Bonchev–Trinajstić information content (AvgIpc) is 3.00. The van der Waals surface area contributed by atoms with Crippen molar-refractivity contribution in [3.05, 3.63) is 81.1 Å². The first-order valence-electron chi connectivity index (χ1n) is 10.0. The van der Waals surface area contributed by atoms with Crippen LogP contribution in [0.5, 0.6) is 0 Å². The van der Waals surface area contributed by atoms with E-state index >= 15 is 0 Å². The van der Waals surface area contributed by atoms with Crippen LogP contribution in [0.15, 0.2) is 48.5 Å². The number of halogens is 2. The van der Waals surface area contributed by atoms with Crippen molar-refractivity contribution in [3.63, 3.8) is 0 Å². The first kappa shape index (κ1) is 23.8. The molecule has 7 nitrogen and oxygen atoms in total. The average molecular weight is 474 g/mol. The molecule has 168 valence electrons. The SMILES string of the molecule is Cc1nn(Cc2ccccc2Cl)c(Cl)c1C(=O)NCc1cccc(NC(=O)CN(C)C)c1. The smallest absolute Gasteiger partial charge is 0.256 e. The van der Waals surface area contributed by atoms with Gasteiger partial charge in [0.05, 0.1) is 24.3 Å². The summed E-state index contributed by atoms with van der Waals surface area (Å²) < 4.78 is 1.56. The van der Waals surface area contributed by atoms with Gasteiger partial charge < -0.3 is 15.5 Å². The topological polar surface area (TPSA) is 79.3 Å². The molecule has 2 aromatic carbocycles. The Morgan fingerprint density at radius 3 is 2.56 bits per heavy atom. The molecule has 2 amide bonds. The minimum Gasteiger partial charge on any atom is -0.348 e. The lowest BCUT2D eigenvalue weighted by atomic mass is 10.2. The van der Waals surface area contributed by atoms with Crippen LogP contribution in [-0.2, 0) is 17.9 Å². The summed E-state index contributed by atoms with van der Waals surface area (Å²) in [5.41, 5.74) is 3.24. The number of hydrogen-bond donors (Lipinski definition) is 2. The second kappa shape index (κ2) is 10.6. The highest BCUT2D eigenvalue weighted by atomic mass is 35.5. The second-order valence-electron chi connectivity index (χ2n) is 7.67. The molecule has 0 saturated carbocycles. The molecule has 0 saturated heterocycles. The number of benzene rings is 2. The summed E-state index contributed by atoms with van der Waals surface area (Å²) in [7, 11) is 3.66. The van der Waals surface area contributed by atoms with Gasteiger partial charge in [-0.3, -0.25) is 9.59 Å². The number of carbonyl (C=O) groups is 2. The summed E-state index contributed by atoms with van der Waals surface area (Å²) in [5, 5.41) is 11.0. The Labute approximate surface area is 197 Å². The van der Waals surface area contributed by atoms with E-state index in [9.17, 15) is 9.59 Å². The van der Waals surface area contributed by atoms with Gasteiger partial charge in [-0.05, 0) is 50.3 Å². The van der Waals surface area contributed by atoms with Gasteiger partial charge >= 0.3 is 0 Å². The molecule has 0 aliphatic carbocycles. The van der Waals surface area contributed by atoms with E-state index < -0.39 is 0 Å². The number of aromatic nitrogens is 2. The zero-order chi connectivity index (χ0) is 23.3. The Kier molecular flexibility index (Phi) is 7.90. The Hall–Kier alpha value is -2.87. The van der Waals surface area contributed by atoms with Crippen LogP contribution >= 0.6 is 23.2 Å². The Balaban J connectivity index is 1.67. The summed E-state index contributed by atoms with van der Waals surface area (Å²) in [6.07, 6.45) is 0. The van der Waals surface area contributed by atoms with E-state index in [1.54, 1.807) is 28.6 Å². The van der Waals surface area contributed by atoms with Crippen LogP contribution in [0.2, 0.25) is 10.2 Å². The largest absolute Gasteiger partial charge is 0.348 e. The number of amides is 2. The lowest BCUT2D eigenvalue weighted by Crippen LogP contribution is -2.27. The van der Waals surface area contributed by atoms with Gasteiger partial charge in [-0.1, -0.05) is 53.5 Å². The molecule has 3 aromatic rings. The number of nitrogens with one attached hydrogen (secondary N) is 2. The minimum atomic E-state index is -0.319. The Bertz CT molecular complexity index is 1130. The molecule has 3 rings (SSSR count). The van der Waals surface area contributed by atoms with Crippen molar-refractivity contribution in [3.8, 4) is 0 Å². The number of carbonyl (C=O) groups excluding carboxylic acids is 2. The fourth-order valence-corrected chi connectivity index (χ4v) is 3.74. The van der Waals surface area contributed by atoms with Gasteiger partial charge in [0.1, 0.15) is 5.15 Å². The number of hydrogen-bond acceptors (Lipinski definition) is 4. The van der Waals surface area contributed by atoms with Gasteiger partial charge in [0.15, 0.2) is 0 Å². The molecule has 32 heavy (non-hydrogen) atoms. The first-order chi connectivity index (χ1) is 15.2. The highest BCUT2D eigenvalue weighted by Gasteiger charge is 2.20. The van der Waals surface area contributed by atoms with Crippen LogP contribution in [0.25, 0.3) is 0 Å². The second-order valence-corrected chi connectivity index (χ2v) is 8.43. The van der Waals surface area contributed by atoms with Gasteiger partial charge in [-0.25, -0.2) is 4.68 Å². The van der Waals surface area contributed by atoms with Crippen LogP contribution in [-0.4, -0.2) is 47.1 Å². The van der Waals surface area contributed by atoms with Gasteiger partial charge in [0.25, 0.3) is 5.91 Å². The maximum Gasteiger partial charge on any atom is 0.256 e. The molecule has 0 spiro atoms. The maximum atomic E-state index is 12.8. The molecule has 0 bridgehead atoms. The standard InChI is InChI=1S/C23H25Cl2N5O2/c1-15-21(22(25)30(28-15)13-17-8-4-5-10-19(17)24)23(32)26-12-16-7-6-9-18(11-16)27-20(31)14-29(2)3/h4-11H,12-14H2,1-3H3,(H,26,32)(H,27,31). The molecule has 0 aliphatic heterocycles. The summed E-state index contributed by atoms with van der Waals surface area (Å²) in [5.74, 6) is -0.426. The van der Waals surface area contributed by atoms with Gasteiger partial charge in [0.2, 0.25) is 5.91 Å². The Morgan fingerprint density at radius 1 is 1.09 bits per heavy atom. The van der Waals surface area contributed by atoms with Crippen molar-refractivity contribution in [1.82, 2.24) is 20.0 Å². The number of rotatable bonds is 8. The van der Waals surface area contributed by atoms with Crippen molar-refractivity contribution in [2.75, 3.05) is 26.0 Å². The fraction of sp³-hybridized carbons (Fsp3) is 0.261. The fourth-order valence-electron chi connectivity index (χ4n) is 3.22. The van der Waals surface area contributed by atoms with E-state index in [4.69, 9.17) is 23.2 Å². The molecule has 1 heterocycles. The molecule has 0 fully saturated rings. The van der Waals surface area contributed by atoms with Gasteiger partial charge in [-0.15, -0.1) is 0 Å². The summed E-state index contributed by atoms with van der Waals surface area (Å²) >= 11 is 12.7. The van der Waals surface area contributed by atoms with E-state index in [2.05, 4.69) is 15.7 Å². The molecular formula is C23H25Cl2N5O2. The normalized spacial score (nSPS) is 10.9. The van der Waals surface area contributed by atoms with Crippen molar-refractivity contribution in [1.29, 1.82) is 0 Å². The molecular weight excluding hydrogens is 449 g/mol. The third-order valence-corrected chi connectivity index (χ3v) is 5.45. The van der Waals surface area contributed by atoms with Crippen LogP contribution < -0.4 is 10.6 Å². The predicted molar refractivity (Wildman–Crippen MR) is 127 cm³/mol. The van der Waals surface area contributed by atoms with Crippen molar-refractivity contribution >= 4 is 40.7 Å². The Morgan fingerprint density at radius 2 is 1.84 bits per heavy atom. The maximum absolute atomic E-state index is 12.8. The lowest BCUT2D eigenvalue weighted by molar-refractivity contribution is -0.116. The highest BCUT2D eigenvalue weighted by Crippen LogP contribution is 2.23. The van der Waals surface area contributed by atoms with Crippen LogP contribution in [0.3, 0.4) is 0 Å². The van der Waals surface area contributed by atoms with Crippen molar-refractivity contribution in [2.45, 2.75) is 20.0 Å².